The van der Waals surface area contributed by atoms with Crippen molar-refractivity contribution >= 4 is 17.8 Å². The molecule has 8 nitrogen and oxygen atoms in total. The Hall–Kier alpha value is -3.49. The third kappa shape index (κ3) is 6.74. The lowest BCUT2D eigenvalue weighted by Gasteiger charge is -2.23. The van der Waals surface area contributed by atoms with Crippen molar-refractivity contribution in [2.24, 2.45) is 5.92 Å². The van der Waals surface area contributed by atoms with Crippen LogP contribution in [0.3, 0.4) is 0 Å². The number of rotatable bonds is 9. The molecule has 1 heterocycles. The number of pyridine rings is 1. The number of halogens is 1. The molecule has 3 atom stereocenters. The Balaban J connectivity index is 2.09. The standard InChI is InChI=1S/C24H29FN2O6/c1-13(2)23(29)33-21-19(31-6)11-12-26-20(21)22(28)27-15(4)24(30)32-16(5)14(3)17-7-9-18(25)10-8-17/h7-16H,1-6H3,(H,27,28)/t14-,15-,16+/m0/s1. The summed E-state index contributed by atoms with van der Waals surface area (Å²) < 4.78 is 29.1. The van der Waals surface area contributed by atoms with Crippen LogP contribution in [0.15, 0.2) is 36.5 Å². The van der Waals surface area contributed by atoms with Gasteiger partial charge in [-0.3, -0.25) is 9.59 Å². The van der Waals surface area contributed by atoms with E-state index < -0.39 is 35.9 Å². The van der Waals surface area contributed by atoms with Crippen LogP contribution in [0, 0.1) is 11.7 Å². The number of ether oxygens (including phenoxy) is 3. The van der Waals surface area contributed by atoms with Gasteiger partial charge in [-0.15, -0.1) is 0 Å². The Morgan fingerprint density at radius 1 is 0.970 bits per heavy atom. The van der Waals surface area contributed by atoms with Crippen LogP contribution in [-0.4, -0.2) is 42.1 Å². The molecule has 0 unspecified atom stereocenters. The zero-order valence-corrected chi connectivity index (χ0v) is 19.5. The molecule has 9 heteroatoms. The van der Waals surface area contributed by atoms with Crippen molar-refractivity contribution in [3.63, 3.8) is 0 Å². The highest BCUT2D eigenvalue weighted by Gasteiger charge is 2.27. The minimum atomic E-state index is -1.01. The van der Waals surface area contributed by atoms with E-state index in [1.165, 1.54) is 38.4 Å². The van der Waals surface area contributed by atoms with E-state index in [1.807, 2.05) is 6.92 Å². The quantitative estimate of drug-likeness (QED) is 0.570. The van der Waals surface area contributed by atoms with Gasteiger partial charge in [0.2, 0.25) is 5.75 Å². The topological polar surface area (TPSA) is 104 Å². The summed E-state index contributed by atoms with van der Waals surface area (Å²) in [5.41, 5.74) is 0.612. The van der Waals surface area contributed by atoms with Gasteiger partial charge in [-0.25, -0.2) is 14.2 Å². The number of aromatic nitrogens is 1. The fourth-order valence-electron chi connectivity index (χ4n) is 2.82. The number of amides is 1. The zero-order valence-electron chi connectivity index (χ0n) is 19.5. The molecule has 0 spiro atoms. The van der Waals surface area contributed by atoms with E-state index in [2.05, 4.69) is 10.3 Å². The maximum Gasteiger partial charge on any atom is 0.328 e. The Kier molecular flexibility index (Phi) is 8.90. The Bertz CT molecular complexity index is 993. The molecular formula is C24H29FN2O6. The third-order valence-electron chi connectivity index (χ3n) is 5.08. The summed E-state index contributed by atoms with van der Waals surface area (Å²) in [6.45, 7) is 8.33. The highest BCUT2D eigenvalue weighted by atomic mass is 19.1. The van der Waals surface area contributed by atoms with Crippen molar-refractivity contribution in [2.75, 3.05) is 7.11 Å². The summed E-state index contributed by atoms with van der Waals surface area (Å²) in [6.07, 6.45) is 0.801. The first-order chi connectivity index (χ1) is 15.5. The summed E-state index contributed by atoms with van der Waals surface area (Å²) in [5, 5.41) is 2.51. The van der Waals surface area contributed by atoms with E-state index >= 15 is 0 Å². The van der Waals surface area contributed by atoms with Crippen molar-refractivity contribution in [3.05, 3.63) is 53.6 Å². The van der Waals surface area contributed by atoms with Crippen LogP contribution < -0.4 is 14.8 Å². The van der Waals surface area contributed by atoms with Crippen LogP contribution in [0.5, 0.6) is 11.5 Å². The van der Waals surface area contributed by atoms with Gasteiger partial charge in [0.05, 0.1) is 13.0 Å². The summed E-state index contributed by atoms with van der Waals surface area (Å²) in [7, 11) is 1.37. The molecule has 1 N–H and O–H groups in total. The SMILES string of the molecule is COc1ccnc(C(=O)N[C@@H](C)C(=O)O[C@H](C)[C@H](C)c2ccc(F)cc2)c1OC(=O)C(C)C. The van der Waals surface area contributed by atoms with E-state index in [0.717, 1.165) is 5.56 Å². The molecule has 0 saturated carbocycles. The molecule has 0 aliphatic rings. The minimum absolute atomic E-state index is 0.130. The van der Waals surface area contributed by atoms with Gasteiger partial charge in [0.1, 0.15) is 18.0 Å². The second-order valence-corrected chi connectivity index (χ2v) is 7.94. The number of methoxy groups -OCH3 is 1. The Morgan fingerprint density at radius 2 is 1.61 bits per heavy atom. The van der Waals surface area contributed by atoms with Gasteiger partial charge in [0.25, 0.3) is 5.91 Å². The number of carbonyl (C=O) groups excluding carboxylic acids is 3. The summed E-state index contributed by atoms with van der Waals surface area (Å²) in [6, 6.07) is 6.38. The van der Waals surface area contributed by atoms with Gasteiger partial charge in [-0.1, -0.05) is 32.9 Å². The zero-order chi connectivity index (χ0) is 24.7. The highest BCUT2D eigenvalue weighted by molar-refractivity contribution is 5.98. The van der Waals surface area contributed by atoms with Crippen LogP contribution in [-0.2, 0) is 14.3 Å². The average molecular weight is 461 g/mol. The molecule has 1 aromatic heterocycles. The van der Waals surface area contributed by atoms with Gasteiger partial charge in [0, 0.05) is 18.2 Å². The lowest BCUT2D eigenvalue weighted by molar-refractivity contribution is -0.151. The van der Waals surface area contributed by atoms with Gasteiger partial charge < -0.3 is 19.5 Å². The number of carbonyl (C=O) groups is 3. The fraction of sp³-hybridized carbons (Fsp3) is 0.417. The van der Waals surface area contributed by atoms with E-state index in [4.69, 9.17) is 14.2 Å². The molecule has 0 radical (unpaired) electrons. The van der Waals surface area contributed by atoms with E-state index in [-0.39, 0.29) is 28.9 Å². The first kappa shape index (κ1) is 25.8. The van der Waals surface area contributed by atoms with Crippen molar-refractivity contribution in [2.45, 2.75) is 52.7 Å². The summed E-state index contributed by atoms with van der Waals surface area (Å²) >= 11 is 0. The second kappa shape index (κ2) is 11.4. The molecule has 1 amide bonds. The lowest BCUT2D eigenvalue weighted by atomic mass is 9.96. The smallest absolute Gasteiger partial charge is 0.328 e. The molecule has 0 saturated heterocycles. The number of hydrogen-bond acceptors (Lipinski definition) is 7. The predicted octanol–water partition coefficient (Wildman–Crippen LogP) is 3.64. The Morgan fingerprint density at radius 3 is 2.18 bits per heavy atom. The van der Waals surface area contributed by atoms with E-state index in [9.17, 15) is 18.8 Å². The molecule has 1 aromatic carbocycles. The van der Waals surface area contributed by atoms with E-state index in [0.29, 0.717) is 0 Å². The average Bonchev–Trinajstić information content (AvgIpc) is 2.78. The molecule has 0 aliphatic heterocycles. The number of benzene rings is 1. The Labute approximate surface area is 192 Å². The summed E-state index contributed by atoms with van der Waals surface area (Å²) in [4.78, 5) is 41.4. The molecule has 2 rings (SSSR count). The number of nitrogens with one attached hydrogen (secondary N) is 1. The normalized spacial score (nSPS) is 13.6. The van der Waals surface area contributed by atoms with Crippen molar-refractivity contribution < 1.29 is 33.0 Å². The van der Waals surface area contributed by atoms with Crippen LogP contribution in [0.4, 0.5) is 4.39 Å². The first-order valence-corrected chi connectivity index (χ1v) is 10.6. The molecule has 33 heavy (non-hydrogen) atoms. The van der Waals surface area contributed by atoms with Crippen LogP contribution >= 0.6 is 0 Å². The molecule has 2 aromatic rings. The van der Waals surface area contributed by atoms with Crippen LogP contribution in [0.2, 0.25) is 0 Å². The second-order valence-electron chi connectivity index (χ2n) is 7.94. The number of esters is 2. The van der Waals surface area contributed by atoms with Crippen LogP contribution in [0.1, 0.15) is 56.6 Å². The van der Waals surface area contributed by atoms with Crippen molar-refractivity contribution in [3.8, 4) is 11.5 Å². The van der Waals surface area contributed by atoms with Gasteiger partial charge in [-0.2, -0.15) is 0 Å². The molecule has 178 valence electrons. The first-order valence-electron chi connectivity index (χ1n) is 10.6. The van der Waals surface area contributed by atoms with Crippen molar-refractivity contribution in [1.82, 2.24) is 10.3 Å². The largest absolute Gasteiger partial charge is 0.493 e. The maximum atomic E-state index is 13.1. The van der Waals surface area contributed by atoms with Gasteiger partial charge in [0.15, 0.2) is 11.4 Å². The van der Waals surface area contributed by atoms with Crippen LogP contribution in [0.25, 0.3) is 0 Å². The minimum Gasteiger partial charge on any atom is -0.493 e. The fourth-order valence-corrected chi connectivity index (χ4v) is 2.82. The monoisotopic (exact) mass is 460 g/mol. The molecule has 0 fully saturated rings. The van der Waals surface area contributed by atoms with Gasteiger partial charge >= 0.3 is 11.9 Å². The molecular weight excluding hydrogens is 431 g/mol. The molecule has 0 aliphatic carbocycles. The highest BCUT2D eigenvalue weighted by Crippen LogP contribution is 2.30. The number of nitrogens with zero attached hydrogens (tertiary/aromatic N) is 1. The number of hydrogen-bond donors (Lipinski definition) is 1. The maximum absolute atomic E-state index is 13.1. The van der Waals surface area contributed by atoms with Gasteiger partial charge in [-0.05, 0) is 31.5 Å². The van der Waals surface area contributed by atoms with E-state index in [1.54, 1.807) is 32.9 Å². The third-order valence-corrected chi connectivity index (χ3v) is 5.08. The van der Waals surface area contributed by atoms with Crippen molar-refractivity contribution in [1.29, 1.82) is 0 Å². The molecule has 0 bridgehead atoms. The predicted molar refractivity (Wildman–Crippen MR) is 119 cm³/mol. The lowest BCUT2D eigenvalue weighted by Crippen LogP contribution is -2.41. The summed E-state index contributed by atoms with van der Waals surface area (Å²) in [5.74, 6) is -2.92.